The van der Waals surface area contributed by atoms with Crippen LogP contribution in [0.4, 0.5) is 0 Å². The van der Waals surface area contributed by atoms with Crippen LogP contribution in [0.1, 0.15) is 39.3 Å². The molecule has 2 rings (SSSR count). The number of rotatable bonds is 5. The molecule has 0 spiro atoms. The molecule has 0 saturated heterocycles. The molecule has 2 aromatic carbocycles. The van der Waals surface area contributed by atoms with E-state index in [2.05, 4.69) is 47.9 Å². The lowest BCUT2D eigenvalue weighted by atomic mass is 9.99. The summed E-state index contributed by atoms with van der Waals surface area (Å²) in [5.74, 6) is 0.0390. The fraction of sp³-hybridized carbons (Fsp3) is 0.389. The molecule has 0 heterocycles. The van der Waals surface area contributed by atoms with Crippen LogP contribution in [0.5, 0.6) is 0 Å². The summed E-state index contributed by atoms with van der Waals surface area (Å²) in [5, 5.41) is 8.77. The predicted molar refractivity (Wildman–Crippen MR) is 88.2 cm³/mol. The van der Waals surface area contributed by atoms with Gasteiger partial charge >= 0.3 is 0 Å². The largest absolute Gasteiger partial charge is 0.353 e. The Labute approximate surface area is 126 Å². The average molecular weight is 284 g/mol. The number of carbonyl (C=O) groups is 1. The molecule has 0 radical (unpaired) electrons. The van der Waals surface area contributed by atoms with E-state index >= 15 is 0 Å². The van der Waals surface area contributed by atoms with Crippen LogP contribution in [-0.4, -0.2) is 18.0 Å². The van der Waals surface area contributed by atoms with Crippen molar-refractivity contribution in [2.24, 2.45) is 0 Å². The van der Waals surface area contributed by atoms with Crippen LogP contribution in [0.2, 0.25) is 0 Å². The third kappa shape index (κ3) is 3.82. The van der Waals surface area contributed by atoms with Crippen LogP contribution >= 0.6 is 0 Å². The summed E-state index contributed by atoms with van der Waals surface area (Å²) in [6, 6.07) is 14.7. The van der Waals surface area contributed by atoms with Gasteiger partial charge in [0.1, 0.15) is 0 Å². The van der Waals surface area contributed by atoms with Crippen LogP contribution in [0, 0.1) is 0 Å². The molecule has 3 heteroatoms. The number of carbonyl (C=O) groups excluding carboxylic acids is 1. The minimum Gasteiger partial charge on any atom is -0.353 e. The Balaban J connectivity index is 2.15. The molecule has 2 unspecified atom stereocenters. The summed E-state index contributed by atoms with van der Waals surface area (Å²) in [5.41, 5.74) is 1.22. The van der Waals surface area contributed by atoms with Crippen molar-refractivity contribution in [1.82, 2.24) is 10.6 Å². The molecule has 0 aliphatic rings. The zero-order valence-corrected chi connectivity index (χ0v) is 13.2. The lowest BCUT2D eigenvalue weighted by Gasteiger charge is -2.22. The fourth-order valence-electron chi connectivity index (χ4n) is 2.58. The van der Waals surface area contributed by atoms with Gasteiger partial charge in [-0.15, -0.1) is 0 Å². The minimum absolute atomic E-state index is 0.0390. The van der Waals surface area contributed by atoms with Gasteiger partial charge in [0.05, 0.1) is 6.04 Å². The summed E-state index contributed by atoms with van der Waals surface area (Å²) in [6.45, 7) is 7.94. The normalized spacial score (nSPS) is 14.1. The number of nitrogens with one attached hydrogen (secondary N) is 2. The zero-order valence-electron chi connectivity index (χ0n) is 13.2. The highest BCUT2D eigenvalue weighted by molar-refractivity contribution is 5.86. The van der Waals surface area contributed by atoms with Gasteiger partial charge in [0.15, 0.2) is 0 Å². The summed E-state index contributed by atoms with van der Waals surface area (Å²) in [7, 11) is 0. The molecular formula is C18H24N2O. The molecule has 0 bridgehead atoms. The van der Waals surface area contributed by atoms with E-state index in [1.807, 2.05) is 32.9 Å². The Morgan fingerprint density at radius 2 is 1.62 bits per heavy atom. The Bertz CT molecular complexity index is 616. The molecule has 0 aromatic heterocycles. The average Bonchev–Trinajstić information content (AvgIpc) is 2.45. The molecule has 2 aromatic rings. The maximum atomic E-state index is 12.0. The molecule has 0 aliphatic heterocycles. The van der Waals surface area contributed by atoms with Gasteiger partial charge in [-0.3, -0.25) is 10.1 Å². The van der Waals surface area contributed by atoms with Gasteiger partial charge in [0.25, 0.3) is 0 Å². The van der Waals surface area contributed by atoms with E-state index < -0.39 is 0 Å². The molecule has 0 saturated carbocycles. The van der Waals surface area contributed by atoms with Gasteiger partial charge < -0.3 is 5.32 Å². The van der Waals surface area contributed by atoms with E-state index in [9.17, 15) is 4.79 Å². The van der Waals surface area contributed by atoms with Crippen molar-refractivity contribution in [2.75, 3.05) is 0 Å². The van der Waals surface area contributed by atoms with Crippen LogP contribution in [0.3, 0.4) is 0 Å². The summed E-state index contributed by atoms with van der Waals surface area (Å²) in [6.07, 6.45) is 0. The maximum absolute atomic E-state index is 12.0. The fourth-order valence-corrected chi connectivity index (χ4v) is 2.58. The molecule has 2 N–H and O–H groups in total. The monoisotopic (exact) mass is 284 g/mol. The number of hydrogen-bond acceptors (Lipinski definition) is 2. The van der Waals surface area contributed by atoms with Gasteiger partial charge in [-0.1, -0.05) is 42.5 Å². The van der Waals surface area contributed by atoms with Crippen LogP contribution in [0.25, 0.3) is 10.8 Å². The quantitative estimate of drug-likeness (QED) is 0.883. The first-order valence-corrected chi connectivity index (χ1v) is 7.53. The number of hydrogen-bond donors (Lipinski definition) is 2. The second kappa shape index (κ2) is 6.72. The second-order valence-electron chi connectivity index (χ2n) is 5.84. The van der Waals surface area contributed by atoms with Gasteiger partial charge in [-0.2, -0.15) is 0 Å². The Morgan fingerprint density at radius 1 is 0.952 bits per heavy atom. The van der Waals surface area contributed by atoms with Crippen molar-refractivity contribution in [3.63, 3.8) is 0 Å². The maximum Gasteiger partial charge on any atom is 0.237 e. The van der Waals surface area contributed by atoms with Crippen molar-refractivity contribution >= 4 is 16.7 Å². The third-order valence-corrected chi connectivity index (χ3v) is 3.61. The molecule has 112 valence electrons. The van der Waals surface area contributed by atoms with E-state index in [-0.39, 0.29) is 24.0 Å². The molecule has 0 fully saturated rings. The van der Waals surface area contributed by atoms with Crippen molar-refractivity contribution in [3.8, 4) is 0 Å². The van der Waals surface area contributed by atoms with E-state index in [4.69, 9.17) is 0 Å². The standard InChI is InChI=1S/C18H24N2O/c1-12(2)19-18(21)14(4)20-13(3)16-11-7-9-15-8-5-6-10-17(15)16/h5-14,20H,1-4H3,(H,19,21). The lowest BCUT2D eigenvalue weighted by molar-refractivity contribution is -0.123. The second-order valence-corrected chi connectivity index (χ2v) is 5.84. The van der Waals surface area contributed by atoms with Crippen molar-refractivity contribution in [2.45, 2.75) is 45.8 Å². The Morgan fingerprint density at radius 3 is 2.33 bits per heavy atom. The van der Waals surface area contributed by atoms with Gasteiger partial charge in [-0.25, -0.2) is 0 Å². The first-order chi connectivity index (χ1) is 9.99. The van der Waals surface area contributed by atoms with Crippen LogP contribution in [-0.2, 0) is 4.79 Å². The molecule has 3 nitrogen and oxygen atoms in total. The van der Waals surface area contributed by atoms with Crippen LogP contribution < -0.4 is 10.6 Å². The van der Waals surface area contributed by atoms with Gasteiger partial charge in [0, 0.05) is 12.1 Å². The topological polar surface area (TPSA) is 41.1 Å². The lowest BCUT2D eigenvalue weighted by Crippen LogP contribution is -2.45. The Kier molecular flexibility index (Phi) is 4.97. The highest BCUT2D eigenvalue weighted by atomic mass is 16.2. The molecular weight excluding hydrogens is 260 g/mol. The van der Waals surface area contributed by atoms with E-state index in [1.54, 1.807) is 0 Å². The minimum atomic E-state index is -0.221. The highest BCUT2D eigenvalue weighted by Crippen LogP contribution is 2.24. The first-order valence-electron chi connectivity index (χ1n) is 7.53. The SMILES string of the molecule is CC(C)NC(=O)C(C)NC(C)c1cccc2ccccc12. The van der Waals surface area contributed by atoms with Gasteiger partial charge in [-0.05, 0) is 44.0 Å². The van der Waals surface area contributed by atoms with E-state index in [1.165, 1.54) is 16.3 Å². The molecule has 1 amide bonds. The smallest absolute Gasteiger partial charge is 0.237 e. The molecule has 21 heavy (non-hydrogen) atoms. The summed E-state index contributed by atoms with van der Waals surface area (Å²) in [4.78, 5) is 12.0. The van der Waals surface area contributed by atoms with E-state index in [0.29, 0.717) is 0 Å². The summed E-state index contributed by atoms with van der Waals surface area (Å²) < 4.78 is 0. The highest BCUT2D eigenvalue weighted by Gasteiger charge is 2.17. The molecule has 2 atom stereocenters. The number of fused-ring (bicyclic) bond motifs is 1. The summed E-state index contributed by atoms with van der Waals surface area (Å²) >= 11 is 0. The van der Waals surface area contributed by atoms with Crippen molar-refractivity contribution < 1.29 is 4.79 Å². The van der Waals surface area contributed by atoms with E-state index in [0.717, 1.165) is 0 Å². The van der Waals surface area contributed by atoms with Crippen LogP contribution in [0.15, 0.2) is 42.5 Å². The third-order valence-electron chi connectivity index (χ3n) is 3.61. The van der Waals surface area contributed by atoms with Crippen molar-refractivity contribution in [1.29, 1.82) is 0 Å². The molecule has 0 aliphatic carbocycles. The predicted octanol–water partition coefficient (Wildman–Crippen LogP) is 3.40. The Hall–Kier alpha value is -1.87. The zero-order chi connectivity index (χ0) is 15.4. The van der Waals surface area contributed by atoms with Gasteiger partial charge in [0.2, 0.25) is 5.91 Å². The number of amides is 1. The number of benzene rings is 2. The first kappa shape index (κ1) is 15.5. The van der Waals surface area contributed by atoms with Crippen molar-refractivity contribution in [3.05, 3.63) is 48.0 Å².